The zero-order valence-electron chi connectivity index (χ0n) is 11.3. The summed E-state index contributed by atoms with van der Waals surface area (Å²) in [6.07, 6.45) is 0.998. The van der Waals surface area contributed by atoms with Gasteiger partial charge in [-0.2, -0.15) is 0 Å². The number of rotatable bonds is 7. The Morgan fingerprint density at radius 1 is 1.37 bits per heavy atom. The SMILES string of the molecule is COCCN(CCC(=O)OC)C(=O)C1CCC(=O)N1. The summed E-state index contributed by atoms with van der Waals surface area (Å²) in [6.45, 7) is 1.04. The maximum atomic E-state index is 12.2. The van der Waals surface area contributed by atoms with Gasteiger partial charge in [-0.15, -0.1) is 0 Å². The number of methoxy groups -OCH3 is 2. The maximum absolute atomic E-state index is 12.2. The third-order valence-electron chi connectivity index (χ3n) is 2.98. The van der Waals surface area contributed by atoms with Crippen LogP contribution in [0.3, 0.4) is 0 Å². The summed E-state index contributed by atoms with van der Waals surface area (Å²) in [7, 11) is 2.85. The van der Waals surface area contributed by atoms with E-state index in [1.54, 1.807) is 7.11 Å². The van der Waals surface area contributed by atoms with E-state index in [0.717, 1.165) is 0 Å². The van der Waals surface area contributed by atoms with Crippen LogP contribution in [0.4, 0.5) is 0 Å². The molecule has 1 atom stereocenters. The second kappa shape index (κ2) is 7.73. The number of ether oxygens (including phenoxy) is 2. The normalized spacial score (nSPS) is 18.0. The first-order chi connectivity index (χ1) is 9.08. The number of hydrogen-bond donors (Lipinski definition) is 1. The van der Waals surface area contributed by atoms with Crippen LogP contribution in [0.15, 0.2) is 0 Å². The highest BCUT2D eigenvalue weighted by Gasteiger charge is 2.30. The Morgan fingerprint density at radius 2 is 2.11 bits per heavy atom. The van der Waals surface area contributed by atoms with Crippen molar-refractivity contribution in [3.8, 4) is 0 Å². The van der Waals surface area contributed by atoms with Crippen molar-refractivity contribution in [3.63, 3.8) is 0 Å². The molecule has 7 heteroatoms. The van der Waals surface area contributed by atoms with Crippen LogP contribution >= 0.6 is 0 Å². The topological polar surface area (TPSA) is 84.9 Å². The van der Waals surface area contributed by atoms with E-state index in [9.17, 15) is 14.4 Å². The summed E-state index contributed by atoms with van der Waals surface area (Å²) in [5.74, 6) is -0.657. The summed E-state index contributed by atoms with van der Waals surface area (Å²) in [4.78, 5) is 36.0. The molecule has 108 valence electrons. The van der Waals surface area contributed by atoms with Gasteiger partial charge in [0.1, 0.15) is 6.04 Å². The molecule has 19 heavy (non-hydrogen) atoms. The number of esters is 1. The molecule has 0 aromatic carbocycles. The predicted octanol–water partition coefficient (Wildman–Crippen LogP) is -0.697. The Morgan fingerprint density at radius 3 is 2.63 bits per heavy atom. The highest BCUT2D eigenvalue weighted by atomic mass is 16.5. The van der Waals surface area contributed by atoms with Gasteiger partial charge in [-0.3, -0.25) is 14.4 Å². The molecular formula is C12H20N2O5. The van der Waals surface area contributed by atoms with Crippen LogP contribution in [0.1, 0.15) is 19.3 Å². The molecule has 1 saturated heterocycles. The van der Waals surface area contributed by atoms with Crippen molar-refractivity contribution in [2.24, 2.45) is 0 Å². The zero-order chi connectivity index (χ0) is 14.3. The molecule has 0 aliphatic carbocycles. The highest BCUT2D eigenvalue weighted by molar-refractivity contribution is 5.91. The van der Waals surface area contributed by atoms with Gasteiger partial charge < -0.3 is 19.7 Å². The minimum atomic E-state index is -0.484. The van der Waals surface area contributed by atoms with E-state index >= 15 is 0 Å². The summed E-state index contributed by atoms with van der Waals surface area (Å²) in [5.41, 5.74) is 0. The number of amides is 2. The second-order valence-corrected chi connectivity index (χ2v) is 4.30. The molecule has 0 radical (unpaired) electrons. The summed E-state index contributed by atoms with van der Waals surface area (Å²) in [6, 6.07) is -0.484. The Hall–Kier alpha value is -1.63. The molecule has 1 rings (SSSR count). The van der Waals surface area contributed by atoms with Crippen molar-refractivity contribution in [2.45, 2.75) is 25.3 Å². The largest absolute Gasteiger partial charge is 0.469 e. The van der Waals surface area contributed by atoms with E-state index < -0.39 is 6.04 Å². The molecule has 1 aliphatic rings. The number of carbonyl (C=O) groups excluding carboxylic acids is 3. The van der Waals surface area contributed by atoms with E-state index in [2.05, 4.69) is 10.1 Å². The van der Waals surface area contributed by atoms with E-state index in [1.807, 2.05) is 0 Å². The van der Waals surface area contributed by atoms with Crippen molar-refractivity contribution >= 4 is 17.8 Å². The van der Waals surface area contributed by atoms with Gasteiger partial charge in [0, 0.05) is 26.6 Å². The Kier molecular flexibility index (Phi) is 6.27. The standard InChI is InChI=1S/C12H20N2O5/c1-18-8-7-14(6-5-11(16)19-2)12(17)9-3-4-10(15)13-9/h9H,3-8H2,1-2H3,(H,13,15). The molecule has 1 fully saturated rings. The minimum Gasteiger partial charge on any atom is -0.469 e. The van der Waals surface area contributed by atoms with Gasteiger partial charge in [-0.25, -0.2) is 0 Å². The Bertz CT molecular complexity index is 345. The average molecular weight is 272 g/mol. The molecule has 0 saturated carbocycles. The summed E-state index contributed by atoms with van der Waals surface area (Å²) >= 11 is 0. The van der Waals surface area contributed by atoms with E-state index in [1.165, 1.54) is 12.0 Å². The van der Waals surface area contributed by atoms with Gasteiger partial charge in [0.05, 0.1) is 20.1 Å². The van der Waals surface area contributed by atoms with Crippen LogP contribution < -0.4 is 5.32 Å². The van der Waals surface area contributed by atoms with Crippen molar-refractivity contribution in [1.82, 2.24) is 10.2 Å². The molecule has 1 unspecified atom stereocenters. The van der Waals surface area contributed by atoms with Gasteiger partial charge in [0.25, 0.3) is 0 Å². The molecule has 2 amide bonds. The Balaban J connectivity index is 2.53. The number of carbonyl (C=O) groups is 3. The van der Waals surface area contributed by atoms with Crippen LogP contribution in [-0.2, 0) is 23.9 Å². The number of hydrogen-bond acceptors (Lipinski definition) is 5. The predicted molar refractivity (Wildman–Crippen MR) is 66.3 cm³/mol. The van der Waals surface area contributed by atoms with Gasteiger partial charge in [-0.1, -0.05) is 0 Å². The zero-order valence-corrected chi connectivity index (χ0v) is 11.3. The lowest BCUT2D eigenvalue weighted by atomic mass is 10.2. The molecule has 7 nitrogen and oxygen atoms in total. The van der Waals surface area contributed by atoms with E-state index in [-0.39, 0.29) is 30.7 Å². The lowest BCUT2D eigenvalue weighted by Crippen LogP contribution is -2.46. The van der Waals surface area contributed by atoms with Crippen LogP contribution in [0, 0.1) is 0 Å². The third-order valence-corrected chi connectivity index (χ3v) is 2.98. The van der Waals surface area contributed by atoms with Crippen molar-refractivity contribution < 1.29 is 23.9 Å². The number of nitrogens with zero attached hydrogens (tertiary/aromatic N) is 1. The van der Waals surface area contributed by atoms with Crippen LogP contribution in [0.5, 0.6) is 0 Å². The monoisotopic (exact) mass is 272 g/mol. The smallest absolute Gasteiger partial charge is 0.307 e. The van der Waals surface area contributed by atoms with E-state index in [4.69, 9.17) is 4.74 Å². The van der Waals surface area contributed by atoms with Crippen LogP contribution in [0.2, 0.25) is 0 Å². The lowest BCUT2D eigenvalue weighted by molar-refractivity contribution is -0.142. The van der Waals surface area contributed by atoms with Crippen LogP contribution in [-0.4, -0.2) is 62.6 Å². The molecular weight excluding hydrogens is 252 g/mol. The second-order valence-electron chi connectivity index (χ2n) is 4.30. The average Bonchev–Trinajstić information content (AvgIpc) is 2.84. The molecule has 0 aromatic rings. The molecule has 0 spiro atoms. The first-order valence-electron chi connectivity index (χ1n) is 6.22. The van der Waals surface area contributed by atoms with Gasteiger partial charge in [0.2, 0.25) is 11.8 Å². The first kappa shape index (κ1) is 15.4. The van der Waals surface area contributed by atoms with E-state index in [0.29, 0.717) is 26.0 Å². The lowest BCUT2D eigenvalue weighted by Gasteiger charge is -2.24. The van der Waals surface area contributed by atoms with Crippen molar-refractivity contribution in [3.05, 3.63) is 0 Å². The fraction of sp³-hybridized carbons (Fsp3) is 0.750. The fourth-order valence-corrected chi connectivity index (χ4v) is 1.88. The summed E-state index contributed by atoms with van der Waals surface area (Å²) in [5, 5.41) is 2.63. The quantitative estimate of drug-likeness (QED) is 0.620. The summed E-state index contributed by atoms with van der Waals surface area (Å²) < 4.78 is 9.49. The highest BCUT2D eigenvalue weighted by Crippen LogP contribution is 2.10. The molecule has 0 aromatic heterocycles. The van der Waals surface area contributed by atoms with Gasteiger partial charge in [-0.05, 0) is 6.42 Å². The Labute approximate surface area is 112 Å². The molecule has 1 aliphatic heterocycles. The van der Waals surface area contributed by atoms with Gasteiger partial charge >= 0.3 is 5.97 Å². The van der Waals surface area contributed by atoms with Gasteiger partial charge in [0.15, 0.2) is 0 Å². The van der Waals surface area contributed by atoms with Crippen molar-refractivity contribution in [1.29, 1.82) is 0 Å². The fourth-order valence-electron chi connectivity index (χ4n) is 1.88. The molecule has 1 N–H and O–H groups in total. The minimum absolute atomic E-state index is 0.113. The molecule has 0 bridgehead atoms. The third kappa shape index (κ3) is 4.86. The maximum Gasteiger partial charge on any atom is 0.307 e. The van der Waals surface area contributed by atoms with Crippen LogP contribution in [0.25, 0.3) is 0 Å². The first-order valence-corrected chi connectivity index (χ1v) is 6.22. The van der Waals surface area contributed by atoms with Crippen molar-refractivity contribution in [2.75, 3.05) is 33.9 Å². The molecule has 1 heterocycles. The number of nitrogens with one attached hydrogen (secondary N) is 1.